The lowest BCUT2D eigenvalue weighted by molar-refractivity contribution is 0.245. The number of aryl methyl sites for hydroxylation is 1. The predicted octanol–water partition coefficient (Wildman–Crippen LogP) is 4.10. The van der Waals surface area contributed by atoms with E-state index < -0.39 is 0 Å². The zero-order valence-electron chi connectivity index (χ0n) is 12.0. The Morgan fingerprint density at radius 3 is 2.30 bits per heavy atom. The van der Waals surface area contributed by atoms with E-state index in [2.05, 4.69) is 49.2 Å². The molecule has 4 heteroatoms. The zero-order chi connectivity index (χ0) is 14.5. The molecule has 1 unspecified atom stereocenters. The van der Waals surface area contributed by atoms with Crippen LogP contribution in [0.25, 0.3) is 0 Å². The molecule has 108 valence electrons. The van der Waals surface area contributed by atoms with Gasteiger partial charge in [0.1, 0.15) is 0 Å². The van der Waals surface area contributed by atoms with E-state index in [-0.39, 0.29) is 6.04 Å². The molecule has 0 amide bonds. The highest BCUT2D eigenvalue weighted by Crippen LogP contribution is 2.30. The lowest BCUT2D eigenvalue weighted by atomic mass is 10.1. The van der Waals surface area contributed by atoms with Crippen molar-refractivity contribution in [2.24, 2.45) is 5.73 Å². The van der Waals surface area contributed by atoms with Crippen molar-refractivity contribution in [3.8, 4) is 0 Å². The van der Waals surface area contributed by atoms with Crippen LogP contribution in [-0.4, -0.2) is 18.5 Å². The lowest BCUT2D eigenvalue weighted by Gasteiger charge is -2.26. The van der Waals surface area contributed by atoms with Crippen LogP contribution in [0.2, 0.25) is 4.34 Å². The second-order valence-corrected chi connectivity index (χ2v) is 6.73. The molecule has 0 fully saturated rings. The second kappa shape index (κ2) is 7.23. The molecular formula is C16H21ClN2S. The number of rotatable bonds is 6. The minimum atomic E-state index is 0.221. The average molecular weight is 309 g/mol. The van der Waals surface area contributed by atoms with Crippen LogP contribution in [0.1, 0.15) is 29.0 Å². The highest BCUT2D eigenvalue weighted by Gasteiger charge is 2.17. The Kier molecular flexibility index (Phi) is 5.61. The maximum absolute atomic E-state index is 6.02. The molecule has 0 radical (unpaired) electrons. The van der Waals surface area contributed by atoms with Crippen LogP contribution in [-0.2, 0) is 13.0 Å². The van der Waals surface area contributed by atoms with Crippen molar-refractivity contribution in [1.29, 1.82) is 0 Å². The largest absolute Gasteiger partial charge is 0.329 e. The first kappa shape index (κ1) is 15.5. The van der Waals surface area contributed by atoms with Crippen LogP contribution in [0.4, 0.5) is 0 Å². The van der Waals surface area contributed by atoms with Crippen LogP contribution < -0.4 is 5.73 Å². The Labute approximate surface area is 130 Å². The summed E-state index contributed by atoms with van der Waals surface area (Å²) in [7, 11) is 2.11. The summed E-state index contributed by atoms with van der Waals surface area (Å²) in [5, 5.41) is 0. The van der Waals surface area contributed by atoms with Gasteiger partial charge in [-0.2, -0.15) is 0 Å². The van der Waals surface area contributed by atoms with E-state index in [4.69, 9.17) is 17.3 Å². The average Bonchev–Trinajstić information content (AvgIpc) is 2.87. The molecule has 1 aromatic carbocycles. The Morgan fingerprint density at radius 2 is 1.80 bits per heavy atom. The molecule has 2 N–H and O–H groups in total. The Balaban J connectivity index is 2.06. The molecule has 0 saturated carbocycles. The van der Waals surface area contributed by atoms with E-state index in [0.29, 0.717) is 6.54 Å². The first-order valence-electron chi connectivity index (χ1n) is 6.87. The van der Waals surface area contributed by atoms with E-state index in [1.807, 2.05) is 6.07 Å². The molecule has 1 aromatic heterocycles. The van der Waals surface area contributed by atoms with Gasteiger partial charge in [-0.05, 0) is 36.7 Å². The molecule has 1 heterocycles. The molecule has 2 rings (SSSR count). The van der Waals surface area contributed by atoms with Crippen LogP contribution in [0.3, 0.4) is 0 Å². The summed E-state index contributed by atoms with van der Waals surface area (Å²) >= 11 is 7.63. The number of benzene rings is 1. The maximum Gasteiger partial charge on any atom is 0.0931 e. The van der Waals surface area contributed by atoms with Gasteiger partial charge in [0.15, 0.2) is 0 Å². The molecule has 20 heavy (non-hydrogen) atoms. The van der Waals surface area contributed by atoms with Crippen molar-refractivity contribution >= 4 is 22.9 Å². The molecule has 0 aliphatic carbocycles. The third-order valence-electron chi connectivity index (χ3n) is 3.54. The van der Waals surface area contributed by atoms with Crippen molar-refractivity contribution in [1.82, 2.24) is 4.90 Å². The molecule has 0 saturated heterocycles. The Hall–Kier alpha value is -0.870. The number of nitrogens with two attached hydrogens (primary N) is 1. The first-order valence-corrected chi connectivity index (χ1v) is 8.06. The smallest absolute Gasteiger partial charge is 0.0931 e. The fraction of sp³-hybridized carbons (Fsp3) is 0.375. The van der Waals surface area contributed by atoms with Gasteiger partial charge in [0.2, 0.25) is 0 Å². The number of hydrogen-bond donors (Lipinski definition) is 1. The summed E-state index contributed by atoms with van der Waals surface area (Å²) in [4.78, 5) is 3.51. The number of nitrogens with zero attached hydrogens (tertiary/aromatic N) is 1. The van der Waals surface area contributed by atoms with Crippen molar-refractivity contribution in [2.75, 3.05) is 13.6 Å². The van der Waals surface area contributed by atoms with Crippen molar-refractivity contribution in [3.05, 3.63) is 56.7 Å². The molecule has 2 nitrogen and oxygen atoms in total. The van der Waals surface area contributed by atoms with Crippen LogP contribution in [0.15, 0.2) is 36.4 Å². The number of halogens is 1. The monoisotopic (exact) mass is 308 g/mol. The minimum absolute atomic E-state index is 0.221. The molecule has 0 aliphatic rings. The Morgan fingerprint density at radius 1 is 1.15 bits per heavy atom. The van der Waals surface area contributed by atoms with Gasteiger partial charge in [0.25, 0.3) is 0 Å². The van der Waals surface area contributed by atoms with Gasteiger partial charge in [-0.25, -0.2) is 0 Å². The van der Waals surface area contributed by atoms with Gasteiger partial charge in [0.05, 0.1) is 10.4 Å². The first-order chi connectivity index (χ1) is 9.63. The molecule has 0 bridgehead atoms. The van der Waals surface area contributed by atoms with E-state index in [1.54, 1.807) is 11.3 Å². The summed E-state index contributed by atoms with van der Waals surface area (Å²) in [6.45, 7) is 3.66. The molecule has 2 aromatic rings. The topological polar surface area (TPSA) is 29.3 Å². The summed E-state index contributed by atoms with van der Waals surface area (Å²) in [6, 6.07) is 13.0. The van der Waals surface area contributed by atoms with Gasteiger partial charge in [-0.1, -0.05) is 42.8 Å². The molecule has 1 atom stereocenters. The summed E-state index contributed by atoms with van der Waals surface area (Å²) < 4.78 is 0.819. The molecule has 0 spiro atoms. The highest BCUT2D eigenvalue weighted by molar-refractivity contribution is 7.16. The van der Waals surface area contributed by atoms with E-state index in [0.717, 1.165) is 17.3 Å². The van der Waals surface area contributed by atoms with Gasteiger partial charge < -0.3 is 5.73 Å². The fourth-order valence-electron chi connectivity index (χ4n) is 2.30. The van der Waals surface area contributed by atoms with Crippen LogP contribution in [0, 0.1) is 0 Å². The molecular weight excluding hydrogens is 288 g/mol. The minimum Gasteiger partial charge on any atom is -0.329 e. The van der Waals surface area contributed by atoms with Gasteiger partial charge in [0, 0.05) is 18.0 Å². The van der Waals surface area contributed by atoms with Crippen LogP contribution >= 0.6 is 22.9 Å². The second-order valence-electron chi connectivity index (χ2n) is 4.98. The normalized spacial score (nSPS) is 12.8. The third-order valence-corrected chi connectivity index (χ3v) is 4.87. The van der Waals surface area contributed by atoms with Crippen molar-refractivity contribution in [2.45, 2.75) is 25.9 Å². The number of likely N-dealkylation sites (N-methyl/N-ethyl adjacent to an activating group) is 1. The third kappa shape index (κ3) is 3.83. The number of hydrogen-bond acceptors (Lipinski definition) is 3. The highest BCUT2D eigenvalue weighted by atomic mass is 35.5. The van der Waals surface area contributed by atoms with Crippen molar-refractivity contribution in [3.63, 3.8) is 0 Å². The van der Waals surface area contributed by atoms with Crippen molar-refractivity contribution < 1.29 is 0 Å². The maximum atomic E-state index is 6.02. The van der Waals surface area contributed by atoms with Gasteiger partial charge in [-0.3, -0.25) is 4.90 Å². The van der Waals surface area contributed by atoms with E-state index in [1.165, 1.54) is 16.0 Å². The van der Waals surface area contributed by atoms with Gasteiger partial charge >= 0.3 is 0 Å². The van der Waals surface area contributed by atoms with E-state index in [9.17, 15) is 0 Å². The summed E-state index contributed by atoms with van der Waals surface area (Å²) in [5.41, 5.74) is 8.62. The summed E-state index contributed by atoms with van der Waals surface area (Å²) in [5.74, 6) is 0. The standard InChI is InChI=1S/C16H21ClN2S/c1-3-12-4-6-13(7-5-12)11-19(2)14(10-18)15-8-9-16(17)20-15/h4-9,14H,3,10-11,18H2,1-2H3. The van der Waals surface area contributed by atoms with Gasteiger partial charge in [-0.15, -0.1) is 11.3 Å². The lowest BCUT2D eigenvalue weighted by Crippen LogP contribution is -2.29. The fourth-order valence-corrected chi connectivity index (χ4v) is 3.54. The summed E-state index contributed by atoms with van der Waals surface area (Å²) in [6.07, 6.45) is 1.08. The Bertz CT molecular complexity index is 536. The predicted molar refractivity (Wildman–Crippen MR) is 88.4 cm³/mol. The SMILES string of the molecule is CCc1ccc(CN(C)C(CN)c2ccc(Cl)s2)cc1. The number of thiophene rings is 1. The van der Waals surface area contributed by atoms with E-state index >= 15 is 0 Å². The molecule has 0 aliphatic heterocycles. The zero-order valence-corrected chi connectivity index (χ0v) is 13.5. The quantitative estimate of drug-likeness (QED) is 0.870. The van der Waals surface area contributed by atoms with Crippen LogP contribution in [0.5, 0.6) is 0 Å².